The molecular weight excluding hydrogens is 627 g/mol. The molecule has 9 unspecified atom stereocenters. The number of halogens is 2. The predicted octanol–water partition coefficient (Wildman–Crippen LogP) is 12.4. The van der Waals surface area contributed by atoms with E-state index in [0.717, 1.165) is 52.5 Å². The first-order chi connectivity index (χ1) is 17.6. The van der Waals surface area contributed by atoms with E-state index in [4.69, 9.17) is 17.0 Å². The first-order valence-electron chi connectivity index (χ1n) is 15.6. The molecule has 5 heteroatoms. The van der Waals surface area contributed by atoms with Crippen molar-refractivity contribution in [2.45, 2.75) is 128 Å². The third-order valence-electron chi connectivity index (χ3n) is 12.8. The average Bonchev–Trinajstić information content (AvgIpc) is 3.44. The normalized spacial score (nSPS) is 34.7. The third kappa shape index (κ3) is 7.62. The van der Waals surface area contributed by atoms with Gasteiger partial charge in [-0.25, -0.2) is 0 Å². The Morgan fingerprint density at radius 3 is 1.72 bits per heavy atom. The summed E-state index contributed by atoms with van der Waals surface area (Å²) in [6, 6.07) is 11.4. The van der Waals surface area contributed by atoms with Crippen LogP contribution in [0.5, 0.6) is 0 Å². The van der Waals surface area contributed by atoms with Crippen LogP contribution in [-0.4, -0.2) is 15.2 Å². The van der Waals surface area contributed by atoms with Crippen molar-refractivity contribution in [3.63, 3.8) is 0 Å². The van der Waals surface area contributed by atoms with Crippen molar-refractivity contribution in [3.05, 3.63) is 50.7 Å². The van der Waals surface area contributed by atoms with E-state index in [2.05, 4.69) is 70.4 Å². The fraction of sp³-hybridized carbons (Fsp3) is 0.765. The summed E-state index contributed by atoms with van der Waals surface area (Å²) in [6.45, 7) is 16.9. The van der Waals surface area contributed by atoms with Crippen molar-refractivity contribution in [1.29, 1.82) is 0 Å². The number of fused-ring (bicyclic) bond motifs is 2. The molecule has 0 amide bonds. The van der Waals surface area contributed by atoms with Crippen LogP contribution < -0.4 is 0 Å². The fourth-order valence-corrected chi connectivity index (χ4v) is 24.8. The molecule has 0 heterocycles. The summed E-state index contributed by atoms with van der Waals surface area (Å²) in [7, 11) is 7.27. The quantitative estimate of drug-likeness (QED) is 0.206. The van der Waals surface area contributed by atoms with Gasteiger partial charge in [0.15, 0.2) is 0 Å². The zero-order chi connectivity index (χ0) is 26.8. The van der Waals surface area contributed by atoms with Crippen LogP contribution in [0.3, 0.4) is 0 Å². The zero-order valence-corrected chi connectivity index (χ0v) is 32.6. The fourth-order valence-electron chi connectivity index (χ4n) is 10.4. The van der Waals surface area contributed by atoms with Crippen LogP contribution >= 0.6 is 17.0 Å². The van der Waals surface area contributed by atoms with Gasteiger partial charge in [0.25, 0.3) is 0 Å². The van der Waals surface area contributed by atoms with E-state index in [1.807, 2.05) is 0 Å². The standard InChI is InChI=1S/C32H54Si2.2CH3.2ClH.Zr/c1-23(25-14-8-7-9-15-25)20-26-22-32(30-19-13-11-17-28(26)30)34(5,6)33(3,4)31-21-24(2)27-16-10-12-18-29(27)31;;;;;/h7-9,14-15,23-24,26-32H,10-13,16-22H2,1-6H3;2*1H3;2*1H;/q;2*-1;;;+4/p-2. The predicted molar refractivity (Wildman–Crippen MR) is 179 cm³/mol. The minimum atomic E-state index is -1.31. The summed E-state index contributed by atoms with van der Waals surface area (Å²) in [5.41, 5.74) is 3.83. The molecule has 0 radical (unpaired) electrons. The average molecular weight is 687 g/mol. The van der Waals surface area contributed by atoms with Crippen molar-refractivity contribution in [2.24, 2.45) is 35.5 Å². The Morgan fingerprint density at radius 1 is 0.744 bits per heavy atom. The monoisotopic (exact) mass is 684 g/mol. The molecular formula is C34H60Cl2Si2Zr. The molecule has 0 nitrogen and oxygen atoms in total. The van der Waals surface area contributed by atoms with E-state index >= 15 is 0 Å². The Balaban J connectivity index is 0.00000102. The molecule has 4 fully saturated rings. The molecule has 4 aliphatic rings. The van der Waals surface area contributed by atoms with Crippen LogP contribution in [0.15, 0.2) is 30.3 Å². The van der Waals surface area contributed by atoms with Crippen LogP contribution in [0.4, 0.5) is 0 Å². The molecule has 9 atom stereocenters. The summed E-state index contributed by atoms with van der Waals surface area (Å²) >= 11 is -0.826. The van der Waals surface area contributed by atoms with Gasteiger partial charge in [-0.2, -0.15) is 0 Å². The van der Waals surface area contributed by atoms with Gasteiger partial charge in [0.1, 0.15) is 0 Å². The number of benzene rings is 1. The second-order valence-corrected chi connectivity index (χ2v) is 34.5. The first kappa shape index (κ1) is 36.3. The van der Waals surface area contributed by atoms with E-state index < -0.39 is 36.0 Å². The summed E-state index contributed by atoms with van der Waals surface area (Å²) in [5, 5.41) is 0. The molecule has 222 valence electrons. The SMILES string of the molecule is CC(CC1CC([Si](C)(C)[Si](C)(C)C2CC(C)C3CCCCC32)C2CCCCC12)c1ccccc1.[CH3-].[CH3-].[Cl][Zr+2][Cl]. The number of hydrogen-bond acceptors (Lipinski definition) is 0. The van der Waals surface area contributed by atoms with Gasteiger partial charge < -0.3 is 14.9 Å². The van der Waals surface area contributed by atoms with Crippen LogP contribution in [0, 0.1) is 50.4 Å². The van der Waals surface area contributed by atoms with Crippen LogP contribution in [0.2, 0.25) is 37.3 Å². The molecule has 39 heavy (non-hydrogen) atoms. The van der Waals surface area contributed by atoms with Gasteiger partial charge in [0.2, 0.25) is 0 Å². The second kappa shape index (κ2) is 15.7. The van der Waals surface area contributed by atoms with Crippen molar-refractivity contribution < 1.29 is 20.8 Å². The van der Waals surface area contributed by atoms with E-state index in [1.165, 1.54) is 32.1 Å². The molecule has 1 aromatic carbocycles. The molecule has 4 aliphatic carbocycles. The maximum absolute atomic E-state index is 4.93. The summed E-state index contributed by atoms with van der Waals surface area (Å²) in [5.74, 6) is 7.05. The summed E-state index contributed by atoms with van der Waals surface area (Å²) < 4.78 is 0. The van der Waals surface area contributed by atoms with Crippen molar-refractivity contribution in [3.8, 4) is 0 Å². The summed E-state index contributed by atoms with van der Waals surface area (Å²) in [6.07, 6.45) is 17.0. The van der Waals surface area contributed by atoms with Crippen LogP contribution in [0.25, 0.3) is 0 Å². The van der Waals surface area contributed by atoms with Gasteiger partial charge in [-0.15, -0.1) is 0 Å². The van der Waals surface area contributed by atoms with E-state index in [1.54, 1.807) is 44.1 Å². The van der Waals surface area contributed by atoms with Crippen molar-refractivity contribution in [1.82, 2.24) is 0 Å². The van der Waals surface area contributed by atoms with E-state index in [9.17, 15) is 0 Å². The zero-order valence-electron chi connectivity index (χ0n) is 26.6. The Hall–Kier alpha value is 1.12. The Labute approximate surface area is 265 Å². The van der Waals surface area contributed by atoms with Gasteiger partial charge in [0.05, 0.1) is 0 Å². The minimum absolute atomic E-state index is 0. The number of hydrogen-bond donors (Lipinski definition) is 0. The maximum atomic E-state index is 4.93. The second-order valence-electron chi connectivity index (χ2n) is 14.7. The first-order valence-corrected chi connectivity index (χ1v) is 29.1. The topological polar surface area (TPSA) is 0 Å². The van der Waals surface area contributed by atoms with E-state index in [0.29, 0.717) is 0 Å². The van der Waals surface area contributed by atoms with Gasteiger partial charge in [-0.3, -0.25) is 0 Å². The molecule has 1 aromatic rings. The molecule has 0 aliphatic heterocycles. The Kier molecular flexibility index (Phi) is 14.6. The Bertz CT molecular complexity index is 847. The van der Waals surface area contributed by atoms with Gasteiger partial charge >= 0.3 is 37.9 Å². The van der Waals surface area contributed by atoms with Gasteiger partial charge in [-0.05, 0) is 90.2 Å². The van der Waals surface area contributed by atoms with Gasteiger partial charge in [0, 0.05) is 15.2 Å². The van der Waals surface area contributed by atoms with Gasteiger partial charge in [-0.1, -0.05) is 109 Å². The molecule has 5 rings (SSSR count). The third-order valence-corrected chi connectivity index (χ3v) is 33.4. The van der Waals surface area contributed by atoms with E-state index in [-0.39, 0.29) is 14.9 Å². The molecule has 0 N–H and O–H groups in total. The molecule has 4 saturated carbocycles. The van der Waals surface area contributed by atoms with Crippen LogP contribution in [-0.2, 0) is 20.8 Å². The summed E-state index contributed by atoms with van der Waals surface area (Å²) in [4.78, 5) is 0. The molecule has 0 bridgehead atoms. The van der Waals surface area contributed by atoms with Crippen molar-refractivity contribution >= 4 is 32.2 Å². The van der Waals surface area contributed by atoms with Crippen molar-refractivity contribution in [2.75, 3.05) is 0 Å². The van der Waals surface area contributed by atoms with Crippen LogP contribution in [0.1, 0.15) is 96.0 Å². The molecule has 0 aromatic heterocycles. The molecule has 0 spiro atoms. The number of rotatable bonds is 6. The Morgan fingerprint density at radius 2 is 1.18 bits per heavy atom. The molecule has 0 saturated heterocycles.